The van der Waals surface area contributed by atoms with Crippen LogP contribution in [0.3, 0.4) is 0 Å². The Hall–Kier alpha value is -2.39. The van der Waals surface area contributed by atoms with E-state index in [9.17, 15) is 0 Å². The van der Waals surface area contributed by atoms with Crippen molar-refractivity contribution < 1.29 is 0 Å². The zero-order chi connectivity index (χ0) is 17.1. The Morgan fingerprint density at radius 3 is 2.38 bits per heavy atom. The van der Waals surface area contributed by atoms with Gasteiger partial charge in [0, 0.05) is 24.7 Å². The Morgan fingerprint density at radius 1 is 0.958 bits per heavy atom. The van der Waals surface area contributed by atoms with E-state index in [1.807, 2.05) is 11.7 Å². The van der Waals surface area contributed by atoms with Crippen molar-refractivity contribution in [3.8, 4) is 22.4 Å². The molecule has 0 amide bonds. The Balaban J connectivity index is 2.06. The SMILES string of the molecule is Cc1nn(C)c(-c2cccc(CCN(C)C)c2)c1-c1ccccc1. The van der Waals surface area contributed by atoms with Crippen molar-refractivity contribution in [1.29, 1.82) is 0 Å². The summed E-state index contributed by atoms with van der Waals surface area (Å²) in [6.45, 7) is 3.14. The van der Waals surface area contributed by atoms with Crippen LogP contribution in [0.15, 0.2) is 54.6 Å². The summed E-state index contributed by atoms with van der Waals surface area (Å²) in [5.74, 6) is 0. The van der Waals surface area contributed by atoms with Gasteiger partial charge in [0.25, 0.3) is 0 Å². The van der Waals surface area contributed by atoms with Crippen LogP contribution in [0.4, 0.5) is 0 Å². The Labute approximate surface area is 144 Å². The summed E-state index contributed by atoms with van der Waals surface area (Å²) in [6.07, 6.45) is 1.05. The minimum absolute atomic E-state index is 1.05. The predicted octanol–water partition coefficient (Wildman–Crippen LogP) is 4.17. The summed E-state index contributed by atoms with van der Waals surface area (Å²) >= 11 is 0. The van der Waals surface area contributed by atoms with Crippen LogP contribution in [0.1, 0.15) is 11.3 Å². The molecule has 0 N–H and O–H groups in total. The van der Waals surface area contributed by atoms with Crippen molar-refractivity contribution in [3.63, 3.8) is 0 Å². The zero-order valence-electron chi connectivity index (χ0n) is 15.0. The highest BCUT2D eigenvalue weighted by molar-refractivity contribution is 5.83. The molecule has 24 heavy (non-hydrogen) atoms. The summed E-state index contributed by atoms with van der Waals surface area (Å²) in [5, 5.41) is 4.68. The number of benzene rings is 2. The smallest absolute Gasteiger partial charge is 0.0760 e. The van der Waals surface area contributed by atoms with Gasteiger partial charge in [-0.15, -0.1) is 0 Å². The fourth-order valence-corrected chi connectivity index (χ4v) is 3.17. The number of nitrogens with zero attached hydrogens (tertiary/aromatic N) is 3. The second-order valence-corrected chi connectivity index (χ2v) is 6.55. The van der Waals surface area contributed by atoms with Crippen molar-refractivity contribution in [2.75, 3.05) is 20.6 Å². The maximum atomic E-state index is 4.68. The van der Waals surface area contributed by atoms with E-state index in [4.69, 9.17) is 0 Å². The fraction of sp³-hybridized carbons (Fsp3) is 0.286. The van der Waals surface area contributed by atoms with Gasteiger partial charge in [0.2, 0.25) is 0 Å². The molecular weight excluding hydrogens is 294 g/mol. The third kappa shape index (κ3) is 3.41. The van der Waals surface area contributed by atoms with Gasteiger partial charge in [-0.25, -0.2) is 0 Å². The second kappa shape index (κ2) is 7.02. The first kappa shape index (κ1) is 16.5. The lowest BCUT2D eigenvalue weighted by molar-refractivity contribution is 0.413. The lowest BCUT2D eigenvalue weighted by Gasteiger charge is -2.12. The number of hydrogen-bond acceptors (Lipinski definition) is 2. The Morgan fingerprint density at radius 2 is 1.67 bits per heavy atom. The molecule has 1 aromatic heterocycles. The van der Waals surface area contributed by atoms with Crippen molar-refractivity contribution >= 4 is 0 Å². The van der Waals surface area contributed by atoms with Gasteiger partial charge in [0.1, 0.15) is 0 Å². The van der Waals surface area contributed by atoms with Crippen LogP contribution in [-0.2, 0) is 13.5 Å². The first-order valence-corrected chi connectivity index (χ1v) is 8.39. The average molecular weight is 319 g/mol. The molecule has 0 aliphatic heterocycles. The van der Waals surface area contributed by atoms with Crippen molar-refractivity contribution in [3.05, 3.63) is 65.9 Å². The summed E-state index contributed by atoms with van der Waals surface area (Å²) in [5.41, 5.74) is 7.29. The third-order valence-corrected chi connectivity index (χ3v) is 4.33. The molecule has 3 aromatic rings. The molecule has 3 heteroatoms. The molecule has 0 atom stereocenters. The summed E-state index contributed by atoms with van der Waals surface area (Å²) in [4.78, 5) is 2.22. The normalized spacial score (nSPS) is 11.2. The molecular formula is C21H25N3. The highest BCUT2D eigenvalue weighted by Crippen LogP contribution is 2.34. The highest BCUT2D eigenvalue weighted by Gasteiger charge is 2.16. The molecule has 0 unspecified atom stereocenters. The molecule has 2 aromatic carbocycles. The highest BCUT2D eigenvalue weighted by atomic mass is 15.3. The standard InChI is InChI=1S/C21H25N3/c1-16-20(18-10-6-5-7-11-18)21(24(4)22-16)19-12-8-9-17(15-19)13-14-23(2)3/h5-12,15H,13-14H2,1-4H3. The number of likely N-dealkylation sites (N-methyl/N-ethyl adjacent to an activating group) is 1. The average Bonchev–Trinajstić information content (AvgIpc) is 2.88. The van der Waals surface area contributed by atoms with E-state index >= 15 is 0 Å². The molecule has 0 saturated heterocycles. The molecule has 0 aliphatic carbocycles. The summed E-state index contributed by atoms with van der Waals surface area (Å²) in [6, 6.07) is 19.4. The van der Waals surface area contributed by atoms with Crippen LogP contribution in [0.5, 0.6) is 0 Å². The molecule has 0 bridgehead atoms. The number of hydrogen-bond donors (Lipinski definition) is 0. The number of rotatable bonds is 5. The topological polar surface area (TPSA) is 21.1 Å². The third-order valence-electron chi connectivity index (χ3n) is 4.33. The molecule has 0 spiro atoms. The Kier molecular flexibility index (Phi) is 4.81. The molecule has 0 saturated carbocycles. The monoisotopic (exact) mass is 319 g/mol. The summed E-state index contributed by atoms with van der Waals surface area (Å²) < 4.78 is 2.00. The van der Waals surface area contributed by atoms with Crippen LogP contribution < -0.4 is 0 Å². The van der Waals surface area contributed by atoms with Gasteiger partial charge >= 0.3 is 0 Å². The van der Waals surface area contributed by atoms with Gasteiger partial charge in [-0.1, -0.05) is 48.5 Å². The van der Waals surface area contributed by atoms with Gasteiger partial charge in [0.15, 0.2) is 0 Å². The fourth-order valence-electron chi connectivity index (χ4n) is 3.17. The molecule has 0 fully saturated rings. The van der Waals surface area contributed by atoms with Crippen LogP contribution in [0.2, 0.25) is 0 Å². The largest absolute Gasteiger partial charge is 0.309 e. The predicted molar refractivity (Wildman–Crippen MR) is 101 cm³/mol. The van der Waals surface area contributed by atoms with E-state index in [0.717, 1.165) is 18.7 Å². The van der Waals surface area contributed by atoms with Crippen LogP contribution in [-0.4, -0.2) is 35.3 Å². The van der Waals surface area contributed by atoms with Gasteiger partial charge in [-0.2, -0.15) is 5.10 Å². The maximum absolute atomic E-state index is 4.68. The summed E-state index contributed by atoms with van der Waals surface area (Å²) in [7, 11) is 6.25. The van der Waals surface area contributed by atoms with E-state index in [-0.39, 0.29) is 0 Å². The van der Waals surface area contributed by atoms with Crippen LogP contribution in [0.25, 0.3) is 22.4 Å². The molecule has 3 nitrogen and oxygen atoms in total. The van der Waals surface area contributed by atoms with Crippen molar-refractivity contribution in [1.82, 2.24) is 14.7 Å². The van der Waals surface area contributed by atoms with Gasteiger partial charge < -0.3 is 4.90 Å². The van der Waals surface area contributed by atoms with E-state index < -0.39 is 0 Å². The first-order valence-electron chi connectivity index (χ1n) is 8.39. The lowest BCUT2D eigenvalue weighted by Crippen LogP contribution is -2.15. The van der Waals surface area contributed by atoms with Gasteiger partial charge in [-0.3, -0.25) is 4.68 Å². The van der Waals surface area contributed by atoms with E-state index in [2.05, 4.69) is 85.6 Å². The molecule has 0 aliphatic rings. The number of aromatic nitrogens is 2. The van der Waals surface area contributed by atoms with E-state index in [0.29, 0.717) is 0 Å². The van der Waals surface area contributed by atoms with Crippen LogP contribution in [0, 0.1) is 6.92 Å². The van der Waals surface area contributed by atoms with E-state index in [1.54, 1.807) is 0 Å². The quantitative estimate of drug-likeness (QED) is 0.704. The zero-order valence-corrected chi connectivity index (χ0v) is 15.0. The van der Waals surface area contributed by atoms with Crippen LogP contribution >= 0.6 is 0 Å². The minimum atomic E-state index is 1.05. The molecule has 124 valence electrons. The lowest BCUT2D eigenvalue weighted by atomic mass is 9.97. The molecule has 1 heterocycles. The van der Waals surface area contributed by atoms with Gasteiger partial charge in [0.05, 0.1) is 11.4 Å². The minimum Gasteiger partial charge on any atom is -0.309 e. The molecule has 3 rings (SSSR count). The maximum Gasteiger partial charge on any atom is 0.0760 e. The van der Waals surface area contributed by atoms with E-state index in [1.165, 1.54) is 27.9 Å². The van der Waals surface area contributed by atoms with Gasteiger partial charge in [-0.05, 0) is 44.6 Å². The molecule has 0 radical (unpaired) electrons. The van der Waals surface area contributed by atoms with Crippen molar-refractivity contribution in [2.24, 2.45) is 7.05 Å². The second-order valence-electron chi connectivity index (χ2n) is 6.55. The number of aryl methyl sites for hydroxylation is 2. The first-order chi connectivity index (χ1) is 11.6. The Bertz CT molecular complexity index is 816. The van der Waals surface area contributed by atoms with Crippen molar-refractivity contribution in [2.45, 2.75) is 13.3 Å².